The molecule has 0 saturated carbocycles. The molecule has 2 N–H and O–H groups in total. The maximum atomic E-state index is 13.4. The summed E-state index contributed by atoms with van der Waals surface area (Å²) in [7, 11) is 0. The van der Waals surface area contributed by atoms with Crippen LogP contribution in [0, 0.1) is 17.5 Å². The van der Waals surface area contributed by atoms with Crippen LogP contribution in [0.15, 0.2) is 53.5 Å². The number of aromatic nitrogens is 2. The number of nitrogens with zero attached hydrogens (tertiary/aromatic N) is 2. The lowest BCUT2D eigenvalue weighted by Crippen LogP contribution is -2.38. The molecule has 9 heteroatoms. The molecule has 0 radical (unpaired) electrons. The maximum absolute atomic E-state index is 13.4. The number of hydrogen-bond donors (Lipinski definition) is 2. The van der Waals surface area contributed by atoms with Crippen molar-refractivity contribution >= 4 is 11.7 Å². The Labute approximate surface area is 169 Å². The second-order valence-corrected chi connectivity index (χ2v) is 6.81. The number of hydrogen-bond acceptors (Lipinski definition) is 4. The highest BCUT2D eigenvalue weighted by atomic mass is 19.2. The Kier molecular flexibility index (Phi) is 5.62. The lowest BCUT2D eigenvalue weighted by Gasteiger charge is -2.23. The Balaban J connectivity index is 1.51. The van der Waals surface area contributed by atoms with E-state index in [2.05, 4.69) is 20.5 Å². The van der Waals surface area contributed by atoms with Gasteiger partial charge in [-0.1, -0.05) is 0 Å². The van der Waals surface area contributed by atoms with Gasteiger partial charge in [-0.3, -0.25) is 14.9 Å². The fourth-order valence-corrected chi connectivity index (χ4v) is 2.88. The van der Waals surface area contributed by atoms with Gasteiger partial charge < -0.3 is 10.1 Å². The van der Waals surface area contributed by atoms with E-state index in [-0.39, 0.29) is 23.8 Å². The van der Waals surface area contributed by atoms with Crippen LogP contribution in [-0.4, -0.2) is 41.2 Å². The van der Waals surface area contributed by atoms with Gasteiger partial charge in [0.25, 0.3) is 5.91 Å². The molecule has 1 aliphatic heterocycles. The Hall–Kier alpha value is -3.46. The minimum absolute atomic E-state index is 0.0249. The van der Waals surface area contributed by atoms with Crippen LogP contribution in [-0.2, 0) is 11.2 Å². The average Bonchev–Trinajstić information content (AvgIpc) is 3.15. The molecule has 30 heavy (non-hydrogen) atoms. The van der Waals surface area contributed by atoms with Gasteiger partial charge in [-0.2, -0.15) is 5.10 Å². The van der Waals surface area contributed by atoms with Crippen molar-refractivity contribution < 1.29 is 22.7 Å². The van der Waals surface area contributed by atoms with Crippen molar-refractivity contribution in [2.45, 2.75) is 12.5 Å². The molecule has 0 bridgehead atoms. The lowest BCUT2D eigenvalue weighted by atomic mass is 10.1. The van der Waals surface area contributed by atoms with E-state index in [9.17, 15) is 18.0 Å². The lowest BCUT2D eigenvalue weighted by molar-refractivity contribution is 0.0131. The molecule has 0 atom stereocenters. The third kappa shape index (κ3) is 4.57. The van der Waals surface area contributed by atoms with Gasteiger partial charge in [-0.05, 0) is 48.5 Å². The second-order valence-electron chi connectivity index (χ2n) is 6.81. The monoisotopic (exact) mass is 414 g/mol. The van der Waals surface area contributed by atoms with Crippen molar-refractivity contribution in [2.24, 2.45) is 4.99 Å². The Morgan fingerprint density at radius 2 is 1.87 bits per heavy atom. The zero-order valence-corrected chi connectivity index (χ0v) is 15.7. The van der Waals surface area contributed by atoms with Crippen LogP contribution in [0.4, 0.5) is 13.2 Å². The summed E-state index contributed by atoms with van der Waals surface area (Å²) in [6.45, 7) is 0.878. The van der Waals surface area contributed by atoms with E-state index in [1.54, 1.807) is 18.2 Å². The number of amidine groups is 1. The Bertz CT molecular complexity index is 1090. The first-order valence-electron chi connectivity index (χ1n) is 9.19. The molecule has 0 spiro atoms. The van der Waals surface area contributed by atoms with E-state index in [1.807, 2.05) is 0 Å². The van der Waals surface area contributed by atoms with Gasteiger partial charge in [0, 0.05) is 23.2 Å². The van der Waals surface area contributed by atoms with Gasteiger partial charge in [0.15, 0.2) is 11.6 Å². The third-order valence-corrected chi connectivity index (χ3v) is 4.53. The first kappa shape index (κ1) is 19.8. The van der Waals surface area contributed by atoms with Crippen LogP contribution in [0.25, 0.3) is 11.3 Å². The first-order chi connectivity index (χ1) is 14.5. The van der Waals surface area contributed by atoms with Crippen LogP contribution in [0.1, 0.15) is 16.1 Å². The molecule has 2 heterocycles. The zero-order valence-electron chi connectivity index (χ0n) is 15.7. The van der Waals surface area contributed by atoms with Crippen molar-refractivity contribution in [2.75, 3.05) is 13.2 Å². The van der Waals surface area contributed by atoms with Crippen LogP contribution in [0.2, 0.25) is 0 Å². The van der Waals surface area contributed by atoms with Gasteiger partial charge in [0.05, 0.1) is 24.9 Å². The zero-order chi connectivity index (χ0) is 21.1. The number of amides is 1. The minimum atomic E-state index is -1.11. The standard InChI is InChI=1S/C21H17F3N4O2/c22-14-4-1-12(2-5-14)19-8-15(27-28-19)9-20(25-16-10-30-11-16)26-21(29)13-3-6-17(23)18(24)7-13/h1-8,16H,9-11H2,(H,27,28)(H,25,26,29). The number of aromatic amines is 1. The molecule has 1 saturated heterocycles. The number of H-pyrrole nitrogens is 1. The molecule has 6 nitrogen and oxygen atoms in total. The van der Waals surface area contributed by atoms with E-state index in [4.69, 9.17) is 4.74 Å². The quantitative estimate of drug-likeness (QED) is 0.497. The van der Waals surface area contributed by atoms with E-state index in [0.29, 0.717) is 30.4 Å². The van der Waals surface area contributed by atoms with E-state index in [0.717, 1.165) is 17.7 Å². The van der Waals surface area contributed by atoms with Crippen LogP contribution >= 0.6 is 0 Å². The largest absolute Gasteiger partial charge is 0.377 e. The van der Waals surface area contributed by atoms with Gasteiger partial charge in [0.1, 0.15) is 11.7 Å². The second kappa shape index (κ2) is 8.50. The number of benzene rings is 2. The Morgan fingerprint density at radius 3 is 2.53 bits per heavy atom. The fourth-order valence-electron chi connectivity index (χ4n) is 2.88. The third-order valence-electron chi connectivity index (χ3n) is 4.53. The van der Waals surface area contributed by atoms with Gasteiger partial charge >= 0.3 is 0 Å². The first-order valence-corrected chi connectivity index (χ1v) is 9.19. The topological polar surface area (TPSA) is 79.4 Å². The summed E-state index contributed by atoms with van der Waals surface area (Å²) < 4.78 is 44.8. The van der Waals surface area contributed by atoms with Crippen molar-refractivity contribution in [1.82, 2.24) is 15.5 Å². The van der Waals surface area contributed by atoms with Gasteiger partial charge in [0.2, 0.25) is 0 Å². The normalized spacial score (nSPS) is 14.4. The Morgan fingerprint density at radius 1 is 1.10 bits per heavy atom. The molecule has 0 unspecified atom stereocenters. The molecule has 154 valence electrons. The predicted molar refractivity (Wildman–Crippen MR) is 104 cm³/mol. The summed E-state index contributed by atoms with van der Waals surface area (Å²) in [6, 6.07) is 10.5. The predicted octanol–water partition coefficient (Wildman–Crippen LogP) is 3.26. The summed E-state index contributed by atoms with van der Waals surface area (Å²) in [5, 5.41) is 9.73. The molecule has 4 rings (SSSR count). The molecule has 2 aromatic carbocycles. The van der Waals surface area contributed by atoms with Crippen LogP contribution < -0.4 is 5.32 Å². The van der Waals surface area contributed by atoms with Crippen molar-refractivity contribution in [3.63, 3.8) is 0 Å². The molecule has 1 fully saturated rings. The summed E-state index contributed by atoms with van der Waals surface area (Å²) in [5.74, 6) is -2.74. The van der Waals surface area contributed by atoms with E-state index in [1.165, 1.54) is 18.2 Å². The number of rotatable bonds is 5. The minimum Gasteiger partial charge on any atom is -0.377 e. The molecule has 1 amide bonds. The number of halogens is 3. The summed E-state index contributed by atoms with van der Waals surface area (Å²) in [6.07, 6.45) is 0.222. The van der Waals surface area contributed by atoms with Gasteiger partial charge in [-0.15, -0.1) is 0 Å². The summed E-state index contributed by atoms with van der Waals surface area (Å²) in [5.41, 5.74) is 1.99. The molecular formula is C21H17F3N4O2. The van der Waals surface area contributed by atoms with E-state index < -0.39 is 17.5 Å². The maximum Gasteiger partial charge on any atom is 0.256 e. The molecule has 3 aromatic rings. The SMILES string of the molecule is O=C(NC(Cc1cc(-c2ccc(F)cc2)n[nH]1)=NC1COC1)c1ccc(F)c(F)c1. The van der Waals surface area contributed by atoms with Crippen molar-refractivity contribution in [3.8, 4) is 11.3 Å². The van der Waals surface area contributed by atoms with E-state index >= 15 is 0 Å². The van der Waals surface area contributed by atoms with Crippen molar-refractivity contribution in [3.05, 3.63) is 77.2 Å². The van der Waals surface area contributed by atoms with Crippen LogP contribution in [0.5, 0.6) is 0 Å². The number of ether oxygens (including phenoxy) is 1. The highest BCUT2D eigenvalue weighted by molar-refractivity contribution is 6.07. The molecule has 1 aliphatic rings. The molecule has 1 aromatic heterocycles. The highest BCUT2D eigenvalue weighted by Gasteiger charge is 2.20. The van der Waals surface area contributed by atoms with Gasteiger partial charge in [-0.25, -0.2) is 13.2 Å². The average molecular weight is 414 g/mol. The molecular weight excluding hydrogens is 397 g/mol. The molecule has 0 aliphatic carbocycles. The highest BCUT2D eigenvalue weighted by Crippen LogP contribution is 2.18. The smallest absolute Gasteiger partial charge is 0.256 e. The summed E-state index contributed by atoms with van der Waals surface area (Å²) in [4.78, 5) is 17.0. The summed E-state index contributed by atoms with van der Waals surface area (Å²) >= 11 is 0. The fraction of sp³-hybridized carbons (Fsp3) is 0.190. The van der Waals surface area contributed by atoms with Crippen LogP contribution in [0.3, 0.4) is 0 Å². The number of nitrogens with one attached hydrogen (secondary N) is 2. The number of aliphatic imine (C=N–C) groups is 1. The van der Waals surface area contributed by atoms with Crippen molar-refractivity contribution in [1.29, 1.82) is 0 Å². The number of carbonyl (C=O) groups is 1. The number of carbonyl (C=O) groups excluding carboxylic acids is 1.